The van der Waals surface area contributed by atoms with Crippen molar-refractivity contribution in [2.24, 2.45) is 0 Å². The maximum atomic E-state index is 13.4. The van der Waals surface area contributed by atoms with Gasteiger partial charge in [0.2, 0.25) is 0 Å². The maximum Gasteiger partial charge on any atom is 0.140 e. The Bertz CT molecular complexity index is 429. The summed E-state index contributed by atoms with van der Waals surface area (Å²) in [6.07, 6.45) is 1.59. The molecule has 0 spiro atoms. The molecule has 0 saturated heterocycles. The maximum absolute atomic E-state index is 13.4. The molecule has 0 aliphatic rings. The fraction of sp³-hybridized carbons (Fsp3) is 0.273. The molecule has 0 saturated carbocycles. The quantitative estimate of drug-likeness (QED) is 0.649. The lowest BCUT2D eigenvalue weighted by molar-refractivity contribution is 0.572. The van der Waals surface area contributed by atoms with E-state index in [0.29, 0.717) is 11.1 Å². The molecule has 0 fully saturated rings. The summed E-state index contributed by atoms with van der Waals surface area (Å²) in [5.41, 5.74) is 1.34. The molecular formula is C11H11FO. The first-order chi connectivity index (χ1) is 6.20. The van der Waals surface area contributed by atoms with Gasteiger partial charge in [0.15, 0.2) is 0 Å². The van der Waals surface area contributed by atoms with Gasteiger partial charge in [-0.15, -0.1) is 0 Å². The summed E-state index contributed by atoms with van der Waals surface area (Å²) in [5, 5.41) is 0.963. The third kappa shape index (κ3) is 1.22. The van der Waals surface area contributed by atoms with Crippen LogP contribution in [0.1, 0.15) is 25.3 Å². The van der Waals surface area contributed by atoms with E-state index in [0.717, 1.165) is 5.39 Å². The highest BCUT2D eigenvalue weighted by Crippen LogP contribution is 2.28. The van der Waals surface area contributed by atoms with Crippen LogP contribution in [-0.4, -0.2) is 0 Å². The number of halogens is 1. The Balaban J connectivity index is 2.80. The zero-order chi connectivity index (χ0) is 9.42. The Morgan fingerprint density at radius 2 is 2.00 bits per heavy atom. The summed E-state index contributed by atoms with van der Waals surface area (Å²) in [4.78, 5) is 0. The van der Waals surface area contributed by atoms with Gasteiger partial charge in [-0.2, -0.15) is 0 Å². The van der Waals surface area contributed by atoms with Crippen LogP contribution in [0.2, 0.25) is 0 Å². The van der Waals surface area contributed by atoms with Crippen LogP contribution >= 0.6 is 0 Å². The van der Waals surface area contributed by atoms with E-state index in [4.69, 9.17) is 4.42 Å². The SMILES string of the molecule is CC(C)c1c(F)ccc2ccoc12. The summed E-state index contributed by atoms with van der Waals surface area (Å²) < 4.78 is 18.6. The normalized spacial score (nSPS) is 11.4. The molecule has 2 heteroatoms. The van der Waals surface area contributed by atoms with Crippen LogP contribution in [0, 0.1) is 5.82 Å². The average Bonchev–Trinajstić information content (AvgIpc) is 2.50. The standard InChI is InChI=1S/C11H11FO/c1-7(2)10-9(12)4-3-8-5-6-13-11(8)10/h3-7H,1-2H3. The molecule has 0 N–H and O–H groups in total. The van der Waals surface area contributed by atoms with Gasteiger partial charge in [0.25, 0.3) is 0 Å². The number of fused-ring (bicyclic) bond motifs is 1. The predicted octanol–water partition coefficient (Wildman–Crippen LogP) is 3.70. The number of hydrogen-bond acceptors (Lipinski definition) is 1. The minimum absolute atomic E-state index is 0.148. The molecule has 0 aliphatic carbocycles. The average molecular weight is 178 g/mol. The fourth-order valence-electron chi connectivity index (χ4n) is 1.57. The summed E-state index contributed by atoms with van der Waals surface area (Å²) >= 11 is 0. The Morgan fingerprint density at radius 3 is 2.69 bits per heavy atom. The molecule has 13 heavy (non-hydrogen) atoms. The first kappa shape index (κ1) is 8.30. The van der Waals surface area contributed by atoms with Gasteiger partial charge in [-0.1, -0.05) is 13.8 Å². The molecule has 0 atom stereocenters. The monoisotopic (exact) mass is 178 g/mol. The summed E-state index contributed by atoms with van der Waals surface area (Å²) in [6, 6.07) is 5.08. The smallest absolute Gasteiger partial charge is 0.140 e. The molecule has 1 aromatic heterocycles. The topological polar surface area (TPSA) is 13.1 Å². The Hall–Kier alpha value is -1.31. The second-order valence-corrected chi connectivity index (χ2v) is 3.45. The van der Waals surface area contributed by atoms with Gasteiger partial charge in [0.1, 0.15) is 11.4 Å². The van der Waals surface area contributed by atoms with Crippen LogP contribution in [0.15, 0.2) is 28.9 Å². The van der Waals surface area contributed by atoms with Crippen molar-refractivity contribution in [1.29, 1.82) is 0 Å². The Morgan fingerprint density at radius 1 is 1.23 bits per heavy atom. The van der Waals surface area contributed by atoms with Crippen molar-refractivity contribution in [2.75, 3.05) is 0 Å². The van der Waals surface area contributed by atoms with Crippen LogP contribution < -0.4 is 0 Å². The van der Waals surface area contributed by atoms with Gasteiger partial charge in [0.05, 0.1) is 6.26 Å². The lowest BCUT2D eigenvalue weighted by Crippen LogP contribution is -1.92. The van der Waals surface area contributed by atoms with Crippen molar-refractivity contribution in [1.82, 2.24) is 0 Å². The molecule has 0 aliphatic heterocycles. The number of rotatable bonds is 1. The van der Waals surface area contributed by atoms with E-state index < -0.39 is 0 Å². The lowest BCUT2D eigenvalue weighted by Gasteiger charge is -2.06. The third-order valence-electron chi connectivity index (χ3n) is 2.18. The highest BCUT2D eigenvalue weighted by molar-refractivity contribution is 5.80. The largest absolute Gasteiger partial charge is 0.464 e. The number of benzene rings is 1. The minimum atomic E-state index is -0.183. The highest BCUT2D eigenvalue weighted by Gasteiger charge is 2.13. The van der Waals surface area contributed by atoms with Gasteiger partial charge in [-0.25, -0.2) is 4.39 Å². The molecular weight excluding hydrogens is 167 g/mol. The summed E-state index contributed by atoms with van der Waals surface area (Å²) in [5.74, 6) is -0.0349. The zero-order valence-electron chi connectivity index (χ0n) is 7.67. The summed E-state index contributed by atoms with van der Waals surface area (Å²) in [6.45, 7) is 3.92. The molecule has 1 heterocycles. The van der Waals surface area contributed by atoms with Crippen molar-refractivity contribution in [3.8, 4) is 0 Å². The highest BCUT2D eigenvalue weighted by atomic mass is 19.1. The van der Waals surface area contributed by atoms with Crippen LogP contribution in [-0.2, 0) is 0 Å². The fourth-order valence-corrected chi connectivity index (χ4v) is 1.57. The van der Waals surface area contributed by atoms with E-state index >= 15 is 0 Å². The minimum Gasteiger partial charge on any atom is -0.464 e. The molecule has 0 unspecified atom stereocenters. The van der Waals surface area contributed by atoms with Gasteiger partial charge in [-0.3, -0.25) is 0 Å². The second kappa shape index (κ2) is 2.87. The zero-order valence-corrected chi connectivity index (χ0v) is 7.67. The molecule has 1 aromatic carbocycles. The molecule has 2 aromatic rings. The number of hydrogen-bond donors (Lipinski definition) is 0. The third-order valence-corrected chi connectivity index (χ3v) is 2.18. The van der Waals surface area contributed by atoms with E-state index in [9.17, 15) is 4.39 Å². The Labute approximate surface area is 76.2 Å². The van der Waals surface area contributed by atoms with Crippen molar-refractivity contribution < 1.29 is 8.81 Å². The van der Waals surface area contributed by atoms with Crippen molar-refractivity contribution in [3.63, 3.8) is 0 Å². The van der Waals surface area contributed by atoms with Gasteiger partial charge >= 0.3 is 0 Å². The van der Waals surface area contributed by atoms with Crippen LogP contribution in [0.5, 0.6) is 0 Å². The molecule has 2 rings (SSSR count). The lowest BCUT2D eigenvalue weighted by atomic mass is 10.0. The van der Waals surface area contributed by atoms with Gasteiger partial charge in [0, 0.05) is 10.9 Å². The van der Waals surface area contributed by atoms with E-state index in [1.165, 1.54) is 6.07 Å². The van der Waals surface area contributed by atoms with Gasteiger partial charge < -0.3 is 4.42 Å². The van der Waals surface area contributed by atoms with Crippen molar-refractivity contribution >= 4 is 11.0 Å². The first-order valence-corrected chi connectivity index (χ1v) is 4.35. The molecule has 0 bridgehead atoms. The van der Waals surface area contributed by atoms with Crippen LogP contribution in [0.25, 0.3) is 11.0 Å². The second-order valence-electron chi connectivity index (χ2n) is 3.45. The summed E-state index contributed by atoms with van der Waals surface area (Å²) in [7, 11) is 0. The molecule has 68 valence electrons. The van der Waals surface area contributed by atoms with E-state index in [1.807, 2.05) is 19.9 Å². The number of furan rings is 1. The first-order valence-electron chi connectivity index (χ1n) is 4.35. The van der Waals surface area contributed by atoms with E-state index in [2.05, 4.69) is 0 Å². The Kier molecular flexibility index (Phi) is 1.83. The van der Waals surface area contributed by atoms with Gasteiger partial charge in [-0.05, 0) is 24.1 Å². The molecule has 0 amide bonds. The van der Waals surface area contributed by atoms with E-state index in [-0.39, 0.29) is 11.7 Å². The van der Waals surface area contributed by atoms with E-state index in [1.54, 1.807) is 12.3 Å². The van der Waals surface area contributed by atoms with Crippen LogP contribution in [0.4, 0.5) is 4.39 Å². The molecule has 0 radical (unpaired) electrons. The molecule has 1 nitrogen and oxygen atoms in total. The predicted molar refractivity (Wildman–Crippen MR) is 50.3 cm³/mol. The van der Waals surface area contributed by atoms with Crippen molar-refractivity contribution in [2.45, 2.75) is 19.8 Å². The van der Waals surface area contributed by atoms with Crippen molar-refractivity contribution in [3.05, 3.63) is 35.8 Å². The van der Waals surface area contributed by atoms with Crippen LogP contribution in [0.3, 0.4) is 0 Å².